The molecule has 0 spiro atoms. The molecule has 1 heterocycles. The number of hydrogen-bond acceptors (Lipinski definition) is 4. The number of aryl methyl sites for hydroxylation is 1. The molecule has 0 bridgehead atoms. The van der Waals surface area contributed by atoms with E-state index in [9.17, 15) is 14.0 Å². The molecule has 0 fully saturated rings. The summed E-state index contributed by atoms with van der Waals surface area (Å²) in [7, 11) is 0. The second-order valence-corrected chi connectivity index (χ2v) is 3.64. The molecule has 0 saturated carbocycles. The summed E-state index contributed by atoms with van der Waals surface area (Å²) in [6.07, 6.45) is 0.767. The molecule has 2 aromatic rings. The van der Waals surface area contributed by atoms with Crippen LogP contribution in [0.4, 0.5) is 10.1 Å². The number of fused-ring (bicyclic) bond motifs is 1. The summed E-state index contributed by atoms with van der Waals surface area (Å²) in [6.45, 7) is 1.95. The number of carbonyl (C=O) groups excluding carboxylic acids is 1. The van der Waals surface area contributed by atoms with Gasteiger partial charge in [0.05, 0.1) is 5.69 Å². The molecule has 2 N–H and O–H groups in total. The number of rotatable bonds is 2. The van der Waals surface area contributed by atoms with E-state index in [0.717, 1.165) is 12.0 Å². The van der Waals surface area contributed by atoms with Crippen molar-refractivity contribution in [1.29, 1.82) is 0 Å². The van der Waals surface area contributed by atoms with Crippen molar-refractivity contribution in [2.75, 3.05) is 5.73 Å². The van der Waals surface area contributed by atoms with E-state index in [1.807, 2.05) is 6.92 Å². The summed E-state index contributed by atoms with van der Waals surface area (Å²) in [5.41, 5.74) is 4.86. The van der Waals surface area contributed by atoms with Crippen molar-refractivity contribution < 1.29 is 13.6 Å². The highest BCUT2D eigenvalue weighted by Gasteiger charge is 2.18. The molecule has 5 heteroatoms. The average molecular weight is 235 g/mol. The van der Waals surface area contributed by atoms with E-state index < -0.39 is 17.2 Å². The normalized spacial score (nSPS) is 10.7. The second-order valence-electron chi connectivity index (χ2n) is 3.64. The smallest absolute Gasteiger partial charge is 0.352 e. The van der Waals surface area contributed by atoms with Gasteiger partial charge in [0.15, 0.2) is 5.56 Å². The van der Waals surface area contributed by atoms with Crippen LogP contribution in [0.3, 0.4) is 0 Å². The van der Waals surface area contributed by atoms with Crippen LogP contribution in [0, 0.1) is 0 Å². The van der Waals surface area contributed by atoms with Gasteiger partial charge in [-0.25, -0.2) is 4.79 Å². The summed E-state index contributed by atoms with van der Waals surface area (Å²) in [6, 6.07) is 3.17. The molecule has 0 radical (unpaired) electrons. The van der Waals surface area contributed by atoms with Crippen molar-refractivity contribution >= 4 is 22.7 Å². The van der Waals surface area contributed by atoms with Crippen LogP contribution in [0.2, 0.25) is 0 Å². The van der Waals surface area contributed by atoms with Crippen LogP contribution in [0.25, 0.3) is 11.0 Å². The maximum atomic E-state index is 12.6. The summed E-state index contributed by atoms with van der Waals surface area (Å²) in [4.78, 5) is 22.0. The minimum Gasteiger partial charge on any atom is -0.422 e. The van der Waals surface area contributed by atoms with Crippen LogP contribution < -0.4 is 11.4 Å². The van der Waals surface area contributed by atoms with E-state index >= 15 is 0 Å². The molecule has 0 atom stereocenters. The Balaban J connectivity index is 2.86. The minimum atomic E-state index is -1.88. The number of anilines is 1. The Morgan fingerprint density at radius 2 is 2.18 bits per heavy atom. The lowest BCUT2D eigenvalue weighted by molar-refractivity contribution is 0.0833. The quantitative estimate of drug-likeness (QED) is 0.638. The Morgan fingerprint density at radius 3 is 2.76 bits per heavy atom. The number of halogens is 1. The average Bonchev–Trinajstić information content (AvgIpc) is 2.27. The molecule has 0 saturated heterocycles. The topological polar surface area (TPSA) is 73.3 Å². The lowest BCUT2D eigenvalue weighted by atomic mass is 10.1. The first-order chi connectivity index (χ1) is 8.04. The Bertz CT molecular complexity index is 661. The predicted molar refractivity (Wildman–Crippen MR) is 61.7 cm³/mol. The first-order valence-corrected chi connectivity index (χ1v) is 5.09. The molecule has 88 valence electrons. The number of benzene rings is 1. The van der Waals surface area contributed by atoms with Crippen LogP contribution >= 0.6 is 0 Å². The Hall–Kier alpha value is -2.17. The second kappa shape index (κ2) is 4.01. The lowest BCUT2D eigenvalue weighted by Gasteiger charge is -2.04. The van der Waals surface area contributed by atoms with E-state index in [1.54, 1.807) is 18.2 Å². The fourth-order valence-electron chi connectivity index (χ4n) is 1.68. The van der Waals surface area contributed by atoms with E-state index in [4.69, 9.17) is 10.2 Å². The maximum Gasteiger partial charge on any atom is 0.352 e. The van der Waals surface area contributed by atoms with Crippen molar-refractivity contribution in [3.8, 4) is 0 Å². The highest BCUT2D eigenvalue weighted by molar-refractivity contribution is 6.02. The standard InChI is InChI=1S/C12H10FNO3/c1-2-6-3-4-7-8(5-6)17-12(16)9(10(7)14)11(13)15/h3-5H,2,14H2,1H3. The summed E-state index contributed by atoms with van der Waals surface area (Å²) < 4.78 is 17.5. The molecule has 0 amide bonds. The SMILES string of the molecule is CCc1ccc2c(N)c(C(=O)F)c(=O)oc2c1. The van der Waals surface area contributed by atoms with Gasteiger partial charge in [-0.15, -0.1) is 0 Å². The van der Waals surface area contributed by atoms with Crippen molar-refractivity contribution in [3.05, 3.63) is 39.7 Å². The molecule has 0 aliphatic carbocycles. The first-order valence-electron chi connectivity index (χ1n) is 5.09. The third-order valence-corrected chi connectivity index (χ3v) is 2.62. The van der Waals surface area contributed by atoms with Crippen molar-refractivity contribution in [2.24, 2.45) is 0 Å². The summed E-state index contributed by atoms with van der Waals surface area (Å²) in [5.74, 6) is 0. The van der Waals surface area contributed by atoms with Gasteiger partial charge in [-0.2, -0.15) is 4.39 Å². The predicted octanol–water partition coefficient (Wildman–Crippen LogP) is 2.05. The highest BCUT2D eigenvalue weighted by atomic mass is 19.1. The lowest BCUT2D eigenvalue weighted by Crippen LogP contribution is -2.14. The van der Waals surface area contributed by atoms with Crippen LogP contribution in [-0.2, 0) is 6.42 Å². The van der Waals surface area contributed by atoms with Gasteiger partial charge in [0.1, 0.15) is 5.58 Å². The molecule has 1 aromatic heterocycles. The Morgan fingerprint density at radius 1 is 1.47 bits per heavy atom. The minimum absolute atomic E-state index is 0.175. The van der Waals surface area contributed by atoms with Crippen LogP contribution in [-0.4, -0.2) is 6.04 Å². The van der Waals surface area contributed by atoms with Gasteiger partial charge in [0.2, 0.25) is 0 Å². The van der Waals surface area contributed by atoms with Gasteiger partial charge < -0.3 is 10.2 Å². The largest absolute Gasteiger partial charge is 0.422 e. The summed E-state index contributed by atoms with van der Waals surface area (Å²) in [5, 5.41) is 0.364. The molecule has 0 aliphatic heterocycles. The zero-order valence-electron chi connectivity index (χ0n) is 9.12. The van der Waals surface area contributed by atoms with Gasteiger partial charge in [0.25, 0.3) is 0 Å². The molecular weight excluding hydrogens is 225 g/mol. The highest BCUT2D eigenvalue weighted by Crippen LogP contribution is 2.24. The molecule has 17 heavy (non-hydrogen) atoms. The number of nitrogen functional groups attached to an aromatic ring is 1. The van der Waals surface area contributed by atoms with Crippen molar-refractivity contribution in [2.45, 2.75) is 13.3 Å². The third kappa shape index (κ3) is 1.80. The molecule has 0 aliphatic rings. The van der Waals surface area contributed by atoms with Gasteiger partial charge in [-0.3, -0.25) is 4.79 Å². The van der Waals surface area contributed by atoms with Crippen LogP contribution in [0.15, 0.2) is 27.4 Å². The van der Waals surface area contributed by atoms with Crippen molar-refractivity contribution in [3.63, 3.8) is 0 Å². The van der Waals surface area contributed by atoms with E-state index in [-0.39, 0.29) is 11.3 Å². The number of hydrogen-bond donors (Lipinski definition) is 1. The molecule has 1 aromatic carbocycles. The monoisotopic (exact) mass is 235 g/mol. The number of carbonyl (C=O) groups is 1. The molecule has 0 unspecified atom stereocenters. The van der Waals surface area contributed by atoms with E-state index in [2.05, 4.69) is 0 Å². The van der Waals surface area contributed by atoms with Gasteiger partial charge in [0, 0.05) is 5.39 Å². The van der Waals surface area contributed by atoms with Gasteiger partial charge in [-0.05, 0) is 24.1 Å². The zero-order valence-corrected chi connectivity index (χ0v) is 9.12. The first kappa shape index (κ1) is 11.3. The summed E-state index contributed by atoms with van der Waals surface area (Å²) >= 11 is 0. The molecule has 2 rings (SSSR count). The maximum absolute atomic E-state index is 12.6. The van der Waals surface area contributed by atoms with E-state index in [0.29, 0.717) is 5.39 Å². The number of nitrogens with two attached hydrogens (primary N) is 1. The van der Waals surface area contributed by atoms with Crippen LogP contribution in [0.1, 0.15) is 22.8 Å². The third-order valence-electron chi connectivity index (χ3n) is 2.62. The molecule has 4 nitrogen and oxygen atoms in total. The Kier molecular flexibility index (Phi) is 2.67. The van der Waals surface area contributed by atoms with Crippen LogP contribution in [0.5, 0.6) is 0 Å². The van der Waals surface area contributed by atoms with E-state index in [1.165, 1.54) is 0 Å². The van der Waals surface area contributed by atoms with Gasteiger partial charge >= 0.3 is 11.7 Å². The Labute approximate surface area is 95.8 Å². The molecular formula is C12H10FNO3. The van der Waals surface area contributed by atoms with Gasteiger partial charge in [-0.1, -0.05) is 13.0 Å². The zero-order chi connectivity index (χ0) is 12.6. The van der Waals surface area contributed by atoms with Crippen molar-refractivity contribution in [1.82, 2.24) is 0 Å². The fourth-order valence-corrected chi connectivity index (χ4v) is 1.68. The fraction of sp³-hybridized carbons (Fsp3) is 0.167.